The number of rotatable bonds is 5. The van der Waals surface area contributed by atoms with Crippen molar-refractivity contribution in [2.24, 2.45) is 5.92 Å². The molecular formula is C20H22N2O3S. The average molecular weight is 370 g/mol. The maximum absolute atomic E-state index is 12.9. The molecule has 2 heterocycles. The summed E-state index contributed by atoms with van der Waals surface area (Å²) in [6, 6.07) is 7.43. The van der Waals surface area contributed by atoms with Gasteiger partial charge in [0.1, 0.15) is 22.9 Å². The Hall–Kier alpha value is -2.34. The van der Waals surface area contributed by atoms with Gasteiger partial charge in [0.15, 0.2) is 0 Å². The number of ether oxygens (including phenoxy) is 2. The summed E-state index contributed by atoms with van der Waals surface area (Å²) in [5.41, 5.74) is 1.28. The lowest BCUT2D eigenvalue weighted by atomic mass is 9.89. The van der Waals surface area contributed by atoms with Crippen LogP contribution in [0.15, 0.2) is 35.4 Å². The van der Waals surface area contributed by atoms with Gasteiger partial charge in [0, 0.05) is 4.88 Å². The number of fused-ring (bicyclic) bond motifs is 3. The molecule has 5 nitrogen and oxygen atoms in total. The normalized spacial score (nSPS) is 16.5. The molecule has 0 radical (unpaired) electrons. The minimum atomic E-state index is 0.0559. The van der Waals surface area contributed by atoms with Crippen LogP contribution < -0.4 is 15.0 Å². The molecule has 0 saturated heterocycles. The minimum absolute atomic E-state index is 0.0559. The average Bonchev–Trinajstić information content (AvgIpc) is 3.02. The van der Waals surface area contributed by atoms with Crippen LogP contribution in [0.1, 0.15) is 23.8 Å². The second-order valence-corrected chi connectivity index (χ2v) is 7.88. The Bertz CT molecular complexity index is 975. The topological polar surface area (TPSA) is 53.4 Å². The Balaban J connectivity index is 1.51. The molecule has 0 saturated carbocycles. The van der Waals surface area contributed by atoms with E-state index in [0.29, 0.717) is 19.1 Å². The zero-order chi connectivity index (χ0) is 18.1. The Morgan fingerprint density at radius 3 is 2.81 bits per heavy atom. The highest BCUT2D eigenvalue weighted by Crippen LogP contribution is 2.35. The molecule has 1 aliphatic carbocycles. The number of hydrogen-bond acceptors (Lipinski definition) is 5. The van der Waals surface area contributed by atoms with Crippen molar-refractivity contribution in [2.45, 2.75) is 32.7 Å². The van der Waals surface area contributed by atoms with Gasteiger partial charge >= 0.3 is 0 Å². The van der Waals surface area contributed by atoms with E-state index in [4.69, 9.17) is 9.47 Å². The Labute approximate surface area is 156 Å². The molecule has 6 heteroatoms. The fourth-order valence-corrected chi connectivity index (χ4v) is 4.80. The zero-order valence-electron chi connectivity index (χ0n) is 15.0. The fourth-order valence-electron chi connectivity index (χ4n) is 3.46. The molecule has 0 bridgehead atoms. The van der Waals surface area contributed by atoms with E-state index in [1.54, 1.807) is 29.3 Å². The molecule has 1 atom stereocenters. The van der Waals surface area contributed by atoms with Gasteiger partial charge in [-0.3, -0.25) is 9.36 Å². The van der Waals surface area contributed by atoms with Crippen molar-refractivity contribution in [2.75, 3.05) is 13.7 Å². The monoisotopic (exact) mass is 370 g/mol. The molecule has 0 aliphatic heterocycles. The SMILES string of the molecule is COc1ccc(OCCn2cnc3sc4c(c3c2=O)CCC(C)C4)cc1. The lowest BCUT2D eigenvalue weighted by molar-refractivity contribution is 0.295. The van der Waals surface area contributed by atoms with E-state index in [1.807, 2.05) is 24.3 Å². The third-order valence-corrected chi connectivity index (χ3v) is 6.10. The van der Waals surface area contributed by atoms with Crippen LogP contribution in [0, 0.1) is 5.92 Å². The van der Waals surface area contributed by atoms with Gasteiger partial charge in [-0.05, 0) is 55.0 Å². The van der Waals surface area contributed by atoms with Crippen molar-refractivity contribution in [3.8, 4) is 11.5 Å². The number of aryl methyl sites for hydroxylation is 1. The zero-order valence-corrected chi connectivity index (χ0v) is 15.8. The molecule has 0 spiro atoms. The molecule has 4 rings (SSSR count). The predicted molar refractivity (Wildman–Crippen MR) is 104 cm³/mol. The lowest BCUT2D eigenvalue weighted by Crippen LogP contribution is -2.24. The minimum Gasteiger partial charge on any atom is -0.497 e. The standard InChI is InChI=1S/C20H22N2O3S/c1-13-3-8-16-17(11-13)26-19-18(16)20(23)22(12-21-19)9-10-25-15-6-4-14(24-2)5-7-15/h4-7,12-13H,3,8-11H2,1-2H3. The Kier molecular flexibility index (Phi) is 4.68. The number of methoxy groups -OCH3 is 1. The highest BCUT2D eigenvalue weighted by molar-refractivity contribution is 7.18. The fraction of sp³-hybridized carbons (Fsp3) is 0.400. The van der Waals surface area contributed by atoms with Crippen molar-refractivity contribution < 1.29 is 9.47 Å². The lowest BCUT2D eigenvalue weighted by Gasteiger charge is -2.17. The summed E-state index contributed by atoms with van der Waals surface area (Å²) < 4.78 is 12.5. The molecular weight excluding hydrogens is 348 g/mol. The maximum Gasteiger partial charge on any atom is 0.262 e. The van der Waals surface area contributed by atoms with Gasteiger partial charge < -0.3 is 9.47 Å². The van der Waals surface area contributed by atoms with Crippen molar-refractivity contribution in [3.05, 3.63) is 51.4 Å². The van der Waals surface area contributed by atoms with Crippen molar-refractivity contribution in [1.29, 1.82) is 0 Å². The second-order valence-electron chi connectivity index (χ2n) is 6.80. The summed E-state index contributed by atoms with van der Waals surface area (Å²) in [6.07, 6.45) is 4.84. The molecule has 3 aromatic rings. The van der Waals surface area contributed by atoms with Crippen LogP contribution in [-0.4, -0.2) is 23.3 Å². The maximum atomic E-state index is 12.9. The summed E-state index contributed by atoms with van der Waals surface area (Å²) >= 11 is 1.68. The van der Waals surface area contributed by atoms with Gasteiger partial charge in [0.2, 0.25) is 0 Å². The summed E-state index contributed by atoms with van der Waals surface area (Å²) in [5.74, 6) is 2.24. The van der Waals surface area contributed by atoms with Gasteiger partial charge in [-0.1, -0.05) is 6.92 Å². The highest BCUT2D eigenvalue weighted by atomic mass is 32.1. The van der Waals surface area contributed by atoms with E-state index in [9.17, 15) is 4.79 Å². The third kappa shape index (κ3) is 3.21. The largest absolute Gasteiger partial charge is 0.497 e. The Morgan fingerprint density at radius 2 is 2.04 bits per heavy atom. The number of nitrogens with zero attached hydrogens (tertiary/aromatic N) is 2. The van der Waals surface area contributed by atoms with Crippen LogP contribution in [0.5, 0.6) is 11.5 Å². The number of hydrogen-bond donors (Lipinski definition) is 0. The Morgan fingerprint density at radius 1 is 1.27 bits per heavy atom. The first-order valence-corrected chi connectivity index (χ1v) is 9.74. The van der Waals surface area contributed by atoms with Crippen molar-refractivity contribution in [1.82, 2.24) is 9.55 Å². The van der Waals surface area contributed by atoms with Gasteiger partial charge in [-0.25, -0.2) is 4.98 Å². The van der Waals surface area contributed by atoms with E-state index in [0.717, 1.165) is 41.0 Å². The molecule has 26 heavy (non-hydrogen) atoms. The molecule has 0 amide bonds. The van der Waals surface area contributed by atoms with Crippen LogP contribution in [0.2, 0.25) is 0 Å². The second kappa shape index (κ2) is 7.11. The van der Waals surface area contributed by atoms with Crippen LogP contribution in [0.3, 0.4) is 0 Å². The van der Waals surface area contributed by atoms with Crippen molar-refractivity contribution in [3.63, 3.8) is 0 Å². The molecule has 136 valence electrons. The van der Waals surface area contributed by atoms with E-state index in [2.05, 4.69) is 11.9 Å². The van der Waals surface area contributed by atoms with Gasteiger partial charge in [0.05, 0.1) is 25.4 Å². The summed E-state index contributed by atoms with van der Waals surface area (Å²) in [7, 11) is 1.63. The smallest absolute Gasteiger partial charge is 0.262 e. The van der Waals surface area contributed by atoms with Crippen molar-refractivity contribution >= 4 is 21.6 Å². The van der Waals surface area contributed by atoms with Crippen LogP contribution in [-0.2, 0) is 19.4 Å². The summed E-state index contributed by atoms with van der Waals surface area (Å²) in [5, 5.41) is 0.823. The number of aromatic nitrogens is 2. The predicted octanol–water partition coefficient (Wildman–Crippen LogP) is 3.67. The first-order chi connectivity index (χ1) is 12.7. The van der Waals surface area contributed by atoms with Crippen LogP contribution in [0.4, 0.5) is 0 Å². The van der Waals surface area contributed by atoms with Gasteiger partial charge in [-0.15, -0.1) is 11.3 Å². The highest BCUT2D eigenvalue weighted by Gasteiger charge is 2.23. The van der Waals surface area contributed by atoms with E-state index < -0.39 is 0 Å². The van der Waals surface area contributed by atoms with E-state index in [1.165, 1.54) is 10.4 Å². The molecule has 1 aromatic carbocycles. The quantitative estimate of drug-likeness (QED) is 0.688. The molecule has 0 N–H and O–H groups in total. The molecule has 1 unspecified atom stereocenters. The first kappa shape index (κ1) is 17.1. The molecule has 1 aliphatic rings. The molecule has 2 aromatic heterocycles. The van der Waals surface area contributed by atoms with E-state index in [-0.39, 0.29) is 5.56 Å². The van der Waals surface area contributed by atoms with Gasteiger partial charge in [-0.2, -0.15) is 0 Å². The first-order valence-electron chi connectivity index (χ1n) is 8.92. The van der Waals surface area contributed by atoms with E-state index >= 15 is 0 Å². The van der Waals surface area contributed by atoms with Crippen LogP contribution in [0.25, 0.3) is 10.2 Å². The van der Waals surface area contributed by atoms with Crippen LogP contribution >= 0.6 is 11.3 Å². The van der Waals surface area contributed by atoms with Gasteiger partial charge in [0.25, 0.3) is 5.56 Å². The third-order valence-electron chi connectivity index (χ3n) is 4.94. The number of thiophene rings is 1. The number of benzene rings is 1. The summed E-state index contributed by atoms with van der Waals surface area (Å²) in [6.45, 7) is 3.17. The molecule has 0 fully saturated rings. The summed E-state index contributed by atoms with van der Waals surface area (Å²) in [4.78, 5) is 19.7.